The first kappa shape index (κ1) is 30.7. The largest absolute Gasteiger partial charge is 0.446 e. The smallest absolute Gasteiger partial charge is 0.439 e. The first-order valence-corrected chi connectivity index (χ1v) is 12.9. The van der Waals surface area contributed by atoms with Gasteiger partial charge in [-0.15, -0.1) is 0 Å². The molecule has 2 aromatic heterocycles. The van der Waals surface area contributed by atoms with Crippen LogP contribution in [0.5, 0.6) is 11.5 Å². The fourth-order valence-electron chi connectivity index (χ4n) is 4.47. The third-order valence-electron chi connectivity index (χ3n) is 6.42. The normalized spacial score (nSPS) is 10.8. The quantitative estimate of drug-likeness (QED) is 0.230. The zero-order valence-electron chi connectivity index (χ0n) is 22.9. The van der Waals surface area contributed by atoms with Crippen LogP contribution in [0.15, 0.2) is 80.8 Å². The molecule has 5 rings (SSSR count). The fourth-order valence-corrected chi connectivity index (χ4v) is 4.47. The third-order valence-corrected chi connectivity index (χ3v) is 6.42. The minimum atomic E-state index is -0.780. The van der Waals surface area contributed by atoms with Crippen LogP contribution in [0.2, 0.25) is 0 Å². The Bertz CT molecular complexity index is 1780. The number of aryl methyl sites for hydroxylation is 2. The molecule has 0 aliphatic heterocycles. The van der Waals surface area contributed by atoms with Crippen molar-refractivity contribution in [2.45, 2.75) is 39.7 Å². The van der Waals surface area contributed by atoms with Crippen molar-refractivity contribution in [3.05, 3.63) is 116 Å². The first-order valence-electron chi connectivity index (χ1n) is 12.9. The summed E-state index contributed by atoms with van der Waals surface area (Å²) in [6, 6.07) is 17.9. The van der Waals surface area contributed by atoms with Crippen LogP contribution in [0, 0.1) is 11.6 Å². The van der Waals surface area contributed by atoms with Crippen LogP contribution in [0.1, 0.15) is 37.4 Å². The molecule has 0 atom stereocenters. The van der Waals surface area contributed by atoms with Gasteiger partial charge >= 0.3 is 5.76 Å². The Morgan fingerprint density at radius 2 is 1.71 bits per heavy atom. The van der Waals surface area contributed by atoms with Gasteiger partial charge in [0.1, 0.15) is 11.6 Å². The zero-order chi connectivity index (χ0) is 28.2. The van der Waals surface area contributed by atoms with Gasteiger partial charge in [0, 0.05) is 69.4 Å². The van der Waals surface area contributed by atoms with E-state index in [1.54, 1.807) is 0 Å². The van der Waals surface area contributed by atoms with E-state index in [1.165, 1.54) is 4.57 Å². The Labute approximate surface area is 276 Å². The third kappa shape index (κ3) is 6.82. The predicted octanol–water partition coefficient (Wildman–Crippen LogP) is 5.51. The molecule has 0 amide bonds. The molecular formula is C30H26F2KN4O4. The molecule has 8 nitrogen and oxygen atoms in total. The zero-order valence-corrected chi connectivity index (χ0v) is 26.0. The second-order valence-corrected chi connectivity index (χ2v) is 9.16. The molecule has 0 bridgehead atoms. The number of hydrogen-bond acceptors (Lipinski definition) is 6. The van der Waals surface area contributed by atoms with E-state index in [2.05, 4.69) is 19.6 Å². The van der Waals surface area contributed by atoms with Gasteiger partial charge in [-0.2, -0.15) is 0 Å². The number of ether oxygens (including phenoxy) is 1. The van der Waals surface area contributed by atoms with Gasteiger partial charge in [-0.1, -0.05) is 67.5 Å². The summed E-state index contributed by atoms with van der Waals surface area (Å²) in [6.07, 6.45) is 1.69. The van der Waals surface area contributed by atoms with Crippen molar-refractivity contribution >= 4 is 51.4 Å². The number of benzene rings is 3. The summed E-state index contributed by atoms with van der Waals surface area (Å²) >= 11 is 0. The summed E-state index contributed by atoms with van der Waals surface area (Å²) in [7, 11) is 0. The average Bonchev–Trinajstić information content (AvgIpc) is 3.40. The van der Waals surface area contributed by atoms with Crippen LogP contribution in [0.25, 0.3) is 22.5 Å². The minimum Gasteiger partial charge on any atom is -0.446 e. The van der Waals surface area contributed by atoms with Crippen LogP contribution in [0.4, 0.5) is 8.78 Å². The molecule has 205 valence electrons. The summed E-state index contributed by atoms with van der Waals surface area (Å²) < 4.78 is 39.9. The van der Waals surface area contributed by atoms with Gasteiger partial charge in [-0.05, 0) is 41.7 Å². The Morgan fingerprint density at radius 1 is 0.976 bits per heavy atom. The summed E-state index contributed by atoms with van der Waals surface area (Å²) in [4.78, 5) is 32.4. The number of aromatic amines is 1. The van der Waals surface area contributed by atoms with Gasteiger partial charge < -0.3 is 4.74 Å². The molecule has 0 aliphatic rings. The van der Waals surface area contributed by atoms with E-state index in [4.69, 9.17) is 4.74 Å². The molecule has 1 N–H and O–H groups in total. The van der Waals surface area contributed by atoms with Gasteiger partial charge in [0.25, 0.3) is 5.56 Å². The van der Waals surface area contributed by atoms with Crippen molar-refractivity contribution in [2.75, 3.05) is 0 Å². The molecule has 3 aromatic carbocycles. The van der Waals surface area contributed by atoms with E-state index in [1.807, 2.05) is 62.4 Å². The molecule has 0 aliphatic carbocycles. The standard InChI is InChI=1S/C30H26F2N4O4.K/c1-3-7-26-33-24(4-2)27(39-25-16-20(31)14-15-23(25)32)29(37)36(26)17-18-10-12-19(13-11-18)21-8-5-6-9-22(21)28-34-30(38)40-35-28;/h5-6,8-16H,3-4,7,17H2,1-2H3,(H,34,35,38);. The summed E-state index contributed by atoms with van der Waals surface area (Å²) in [5.74, 6) is -1.69. The molecule has 0 spiro atoms. The Kier molecular flexibility index (Phi) is 10.2. The topological polar surface area (TPSA) is 103 Å². The van der Waals surface area contributed by atoms with E-state index in [9.17, 15) is 18.4 Å². The number of hydrogen-bond donors (Lipinski definition) is 1. The van der Waals surface area contributed by atoms with Crippen LogP contribution in [-0.4, -0.2) is 71.1 Å². The summed E-state index contributed by atoms with van der Waals surface area (Å²) in [6.45, 7) is 4.01. The van der Waals surface area contributed by atoms with E-state index in [0.717, 1.165) is 41.3 Å². The average molecular weight is 584 g/mol. The Hall–Kier alpha value is -3.22. The van der Waals surface area contributed by atoms with Gasteiger partial charge in [0.2, 0.25) is 5.75 Å². The minimum absolute atomic E-state index is 0. The predicted molar refractivity (Wildman–Crippen MR) is 151 cm³/mol. The molecule has 0 saturated carbocycles. The molecule has 11 heteroatoms. The number of nitrogens with zero attached hydrogens (tertiary/aromatic N) is 3. The first-order chi connectivity index (χ1) is 19.4. The number of rotatable bonds is 9. The number of nitrogens with one attached hydrogen (secondary N) is 1. The maximum atomic E-state index is 14.3. The molecule has 0 saturated heterocycles. The van der Waals surface area contributed by atoms with Gasteiger partial charge in [0.15, 0.2) is 17.4 Å². The number of halogens is 2. The van der Waals surface area contributed by atoms with Crippen molar-refractivity contribution < 1.29 is 18.0 Å². The van der Waals surface area contributed by atoms with E-state index in [0.29, 0.717) is 35.7 Å². The van der Waals surface area contributed by atoms with E-state index in [-0.39, 0.29) is 69.4 Å². The molecular weight excluding hydrogens is 557 g/mol. The number of aromatic nitrogens is 4. The fraction of sp³-hybridized carbons (Fsp3) is 0.200. The van der Waals surface area contributed by atoms with Gasteiger partial charge in [-0.3, -0.25) is 18.9 Å². The molecule has 1 radical (unpaired) electrons. The van der Waals surface area contributed by atoms with E-state index >= 15 is 0 Å². The number of H-pyrrole nitrogens is 1. The van der Waals surface area contributed by atoms with Crippen molar-refractivity contribution in [3.63, 3.8) is 0 Å². The van der Waals surface area contributed by atoms with Crippen molar-refractivity contribution in [2.24, 2.45) is 0 Å². The molecule has 2 heterocycles. The molecule has 0 unspecified atom stereocenters. The second-order valence-electron chi connectivity index (χ2n) is 9.16. The summed E-state index contributed by atoms with van der Waals surface area (Å²) in [5, 5.41) is 3.80. The monoisotopic (exact) mass is 583 g/mol. The SMILES string of the molecule is CCCc1nc(CC)c(Oc2cc(F)ccc2F)c(=O)n1Cc1ccc(-c2ccccc2-c2noc(=O)[nH]2)cc1.[K]. The van der Waals surface area contributed by atoms with Crippen LogP contribution in [0.3, 0.4) is 0 Å². The molecule has 5 aromatic rings. The van der Waals surface area contributed by atoms with Crippen LogP contribution >= 0.6 is 0 Å². The van der Waals surface area contributed by atoms with E-state index < -0.39 is 22.9 Å². The van der Waals surface area contributed by atoms with Crippen molar-refractivity contribution in [1.82, 2.24) is 19.7 Å². The van der Waals surface area contributed by atoms with Gasteiger partial charge in [-0.25, -0.2) is 18.6 Å². The molecule has 41 heavy (non-hydrogen) atoms. The maximum Gasteiger partial charge on any atom is 0.439 e. The van der Waals surface area contributed by atoms with Crippen LogP contribution < -0.4 is 16.1 Å². The maximum absolute atomic E-state index is 14.3. The second kappa shape index (κ2) is 13.6. The van der Waals surface area contributed by atoms with Crippen LogP contribution in [-0.2, 0) is 19.4 Å². The molecule has 0 fully saturated rings. The Morgan fingerprint density at radius 3 is 2.37 bits per heavy atom. The van der Waals surface area contributed by atoms with Gasteiger partial charge in [0.05, 0.1) is 12.2 Å². The van der Waals surface area contributed by atoms with Crippen molar-refractivity contribution in [3.8, 4) is 34.0 Å². The Balaban J connectivity index is 0.00000387. The van der Waals surface area contributed by atoms with Crippen molar-refractivity contribution in [1.29, 1.82) is 0 Å². The summed E-state index contributed by atoms with van der Waals surface area (Å²) in [5.41, 5.74) is 3.14.